The number of H-pyrrole nitrogens is 1. The zero-order valence-electron chi connectivity index (χ0n) is 46.8. The molecule has 0 spiro atoms. The molecule has 3 aliphatic heterocycles. The molecule has 9 rings (SSSR count). The summed E-state index contributed by atoms with van der Waals surface area (Å²) in [7, 11) is 0. The van der Waals surface area contributed by atoms with Gasteiger partial charge in [0.15, 0.2) is 23.2 Å². The predicted octanol–water partition coefficient (Wildman–Crippen LogP) is 7.46. The van der Waals surface area contributed by atoms with Crippen LogP contribution in [0.5, 0.6) is 0 Å². The number of imidazole rings is 2. The summed E-state index contributed by atoms with van der Waals surface area (Å²) in [6.07, 6.45) is 15.5. The summed E-state index contributed by atoms with van der Waals surface area (Å²) >= 11 is 0. The highest BCUT2D eigenvalue weighted by molar-refractivity contribution is 6.23. The number of hydrogen-bond donors (Lipinski definition) is 7. The average molecular weight is 1090 g/mol. The van der Waals surface area contributed by atoms with Gasteiger partial charge < -0.3 is 35.9 Å². The van der Waals surface area contributed by atoms with Gasteiger partial charge in [-0.05, 0) is 112 Å². The lowest BCUT2D eigenvalue weighted by atomic mass is 9.76. The SMILES string of the molecule is CC(C)N(CC1OC(n2cnc3c(NCCCCNC(=O)CCCCCCCCCCCNc4ccc5c(c4)C(=O)N(C4CCC(=O)NC4=O)C5=O)ncnc32)C(O)C1O)C1CC(CCc2nc3cc(C(C)(C)C)ccc3[nH]2)C1. The number of nitrogens with one attached hydrogen (secondary N) is 5. The molecule has 3 fully saturated rings. The summed E-state index contributed by atoms with van der Waals surface area (Å²) in [4.78, 5) is 87.9. The van der Waals surface area contributed by atoms with Gasteiger partial charge in [-0.25, -0.2) is 19.9 Å². The first kappa shape index (κ1) is 57.3. The summed E-state index contributed by atoms with van der Waals surface area (Å²) in [5.41, 5.74) is 5.82. The van der Waals surface area contributed by atoms with Crippen molar-refractivity contribution in [3.63, 3.8) is 0 Å². The Balaban J connectivity index is 0.600. The van der Waals surface area contributed by atoms with Crippen molar-refractivity contribution in [2.75, 3.05) is 36.8 Å². The van der Waals surface area contributed by atoms with Gasteiger partial charge in [0.25, 0.3) is 11.8 Å². The van der Waals surface area contributed by atoms with E-state index in [0.29, 0.717) is 55.0 Å². The molecule has 1 saturated carbocycles. The molecule has 426 valence electrons. The molecule has 5 aromatic rings. The van der Waals surface area contributed by atoms with E-state index in [-0.39, 0.29) is 41.3 Å². The number of aliphatic hydroxyl groups excluding tert-OH is 2. The Hall–Kier alpha value is -6.35. The standard InChI is InChI=1S/C59H82N12O8/c1-36(2)69(40-29-37(30-40)18-24-47-66-43-22-19-38(59(3,4)5)31-44(43)67-47)33-46-51(74)52(75)58(79-46)70-35-65-50-53(63-34-64-54(50)70)62-28-16-15-27-61-48(72)17-13-11-9-7-6-8-10-12-14-26-60-39-20-21-41-42(32-39)57(78)71(56(41)77)45-23-25-49(73)68-55(45)76/h19-22,31-32,34-37,40,45-46,51-52,58,60,74-75H,6-18,23-30,33H2,1-5H3,(H,61,72)(H,66,67)(H,62,63,64)(H,68,73,76). The molecule has 79 heavy (non-hydrogen) atoms. The molecular weight excluding hydrogens is 1000 g/mol. The quantitative estimate of drug-likeness (QED) is 0.0189. The average Bonchev–Trinajstić information content (AvgIpc) is 4.36. The second-order valence-electron chi connectivity index (χ2n) is 23.6. The topological polar surface area (TPSA) is 262 Å². The molecule has 5 unspecified atom stereocenters. The van der Waals surface area contributed by atoms with E-state index in [1.165, 1.54) is 11.9 Å². The first-order valence-electron chi connectivity index (χ1n) is 29.1. The number of nitrogens with zero attached hydrogens (tertiary/aromatic N) is 7. The smallest absolute Gasteiger partial charge is 0.262 e. The van der Waals surface area contributed by atoms with Crippen molar-refractivity contribution >= 4 is 63.2 Å². The van der Waals surface area contributed by atoms with Gasteiger partial charge in [-0.3, -0.25) is 43.7 Å². The number of hydrogen-bond acceptors (Lipinski definition) is 15. The molecule has 20 nitrogen and oxygen atoms in total. The number of amides is 5. The Labute approximate surface area is 463 Å². The molecule has 20 heteroatoms. The van der Waals surface area contributed by atoms with Gasteiger partial charge >= 0.3 is 0 Å². The van der Waals surface area contributed by atoms with Crippen LogP contribution in [-0.2, 0) is 31.0 Å². The summed E-state index contributed by atoms with van der Waals surface area (Å²) in [5, 5.41) is 34.6. The number of imide groups is 2. The van der Waals surface area contributed by atoms with Gasteiger partial charge in [-0.2, -0.15) is 0 Å². The van der Waals surface area contributed by atoms with Crippen molar-refractivity contribution in [1.29, 1.82) is 0 Å². The fourth-order valence-corrected chi connectivity index (χ4v) is 11.7. The van der Waals surface area contributed by atoms with Crippen molar-refractivity contribution in [3.8, 4) is 0 Å². The lowest BCUT2D eigenvalue weighted by molar-refractivity contribution is -0.136. The van der Waals surface area contributed by atoms with Crippen molar-refractivity contribution in [2.24, 2.45) is 5.92 Å². The maximum atomic E-state index is 13.1. The van der Waals surface area contributed by atoms with Crippen LogP contribution in [0.1, 0.15) is 182 Å². The summed E-state index contributed by atoms with van der Waals surface area (Å²) in [6, 6.07) is 11.2. The van der Waals surface area contributed by atoms with Crippen LogP contribution in [0, 0.1) is 5.92 Å². The van der Waals surface area contributed by atoms with E-state index in [1.807, 2.05) is 0 Å². The van der Waals surface area contributed by atoms with Gasteiger partial charge in [0.1, 0.15) is 36.5 Å². The van der Waals surface area contributed by atoms with Crippen molar-refractivity contribution < 1.29 is 38.9 Å². The van der Waals surface area contributed by atoms with E-state index < -0.39 is 54.2 Å². The number of piperidine rings is 1. The normalized spacial score (nSPS) is 22.3. The number of unbranched alkanes of at least 4 members (excludes halogenated alkanes) is 9. The molecule has 4 aliphatic rings. The number of aromatic amines is 1. The highest BCUT2D eigenvalue weighted by atomic mass is 16.6. The number of carbonyl (C=O) groups is 5. The van der Waals surface area contributed by atoms with Gasteiger partial charge in [-0.1, -0.05) is 71.8 Å². The minimum Gasteiger partial charge on any atom is -0.387 e. The Bertz CT molecular complexity index is 2940. The number of ether oxygens (including phenoxy) is 1. The van der Waals surface area contributed by atoms with Crippen LogP contribution in [-0.4, -0.2) is 142 Å². The van der Waals surface area contributed by atoms with Crippen molar-refractivity contribution in [3.05, 3.63) is 71.6 Å². The predicted molar refractivity (Wildman–Crippen MR) is 301 cm³/mol. The highest BCUT2D eigenvalue weighted by Crippen LogP contribution is 2.39. The number of rotatable bonds is 28. The van der Waals surface area contributed by atoms with Crippen molar-refractivity contribution in [1.82, 2.24) is 49.9 Å². The fourth-order valence-electron chi connectivity index (χ4n) is 11.7. The Kier molecular flexibility index (Phi) is 18.8. The summed E-state index contributed by atoms with van der Waals surface area (Å²) in [6.45, 7) is 13.5. The Morgan fingerprint density at radius 1 is 0.835 bits per heavy atom. The molecule has 2 aromatic carbocycles. The molecule has 1 aliphatic carbocycles. The third-order valence-electron chi connectivity index (χ3n) is 16.5. The monoisotopic (exact) mass is 1090 g/mol. The lowest BCUT2D eigenvalue weighted by Crippen LogP contribution is -2.54. The third-order valence-corrected chi connectivity index (χ3v) is 16.5. The number of anilines is 2. The first-order chi connectivity index (χ1) is 38.0. The molecule has 2 saturated heterocycles. The third kappa shape index (κ3) is 13.8. The van der Waals surface area contributed by atoms with E-state index in [2.05, 4.69) is 98.9 Å². The number of aryl methyl sites for hydroxylation is 1. The minimum atomic E-state index is -1.16. The number of fused-ring (bicyclic) bond motifs is 3. The van der Waals surface area contributed by atoms with Crippen LogP contribution in [0.15, 0.2) is 49.1 Å². The van der Waals surface area contributed by atoms with Gasteiger partial charge in [0.05, 0.1) is 28.5 Å². The van der Waals surface area contributed by atoms with Gasteiger partial charge in [0, 0.05) is 63.2 Å². The van der Waals surface area contributed by atoms with Crippen LogP contribution >= 0.6 is 0 Å². The van der Waals surface area contributed by atoms with Crippen LogP contribution in [0.3, 0.4) is 0 Å². The summed E-state index contributed by atoms with van der Waals surface area (Å²) in [5.74, 6) is 0.258. The minimum absolute atomic E-state index is 0.0771. The van der Waals surface area contributed by atoms with Crippen LogP contribution in [0.25, 0.3) is 22.2 Å². The molecule has 0 radical (unpaired) electrons. The van der Waals surface area contributed by atoms with Crippen LogP contribution < -0.4 is 21.3 Å². The molecule has 7 N–H and O–H groups in total. The lowest BCUT2D eigenvalue weighted by Gasteiger charge is -2.46. The Morgan fingerprint density at radius 3 is 2.29 bits per heavy atom. The highest BCUT2D eigenvalue weighted by Gasteiger charge is 2.47. The summed E-state index contributed by atoms with van der Waals surface area (Å²) < 4.78 is 8.13. The van der Waals surface area contributed by atoms with E-state index in [1.54, 1.807) is 29.1 Å². The number of aliphatic hydroxyl groups is 2. The molecular formula is C59H82N12O8. The number of benzene rings is 2. The van der Waals surface area contributed by atoms with Crippen molar-refractivity contribution in [2.45, 2.75) is 198 Å². The van der Waals surface area contributed by atoms with Crippen LogP contribution in [0.4, 0.5) is 11.5 Å². The maximum Gasteiger partial charge on any atom is 0.262 e. The second-order valence-corrected chi connectivity index (χ2v) is 23.6. The van der Waals surface area contributed by atoms with Crippen LogP contribution in [0.2, 0.25) is 0 Å². The van der Waals surface area contributed by atoms with E-state index in [4.69, 9.17) is 9.72 Å². The maximum absolute atomic E-state index is 13.1. The van der Waals surface area contributed by atoms with E-state index >= 15 is 0 Å². The molecule has 5 amide bonds. The van der Waals surface area contributed by atoms with Gasteiger partial charge in [0.2, 0.25) is 17.7 Å². The van der Waals surface area contributed by atoms with Gasteiger partial charge in [-0.15, -0.1) is 0 Å². The molecule has 6 heterocycles. The molecule has 5 atom stereocenters. The Morgan fingerprint density at radius 2 is 1.54 bits per heavy atom. The zero-order valence-corrected chi connectivity index (χ0v) is 46.8. The fraction of sp³-hybridized carbons (Fsp3) is 0.610. The number of aromatic nitrogens is 6. The van der Waals surface area contributed by atoms with E-state index in [9.17, 15) is 34.2 Å². The molecule has 0 bridgehead atoms. The number of carbonyl (C=O) groups excluding carboxylic acids is 5. The second kappa shape index (κ2) is 25.8. The zero-order chi connectivity index (χ0) is 55.8. The largest absolute Gasteiger partial charge is 0.387 e. The van der Waals surface area contributed by atoms with E-state index in [0.717, 1.165) is 130 Å². The first-order valence-corrected chi connectivity index (χ1v) is 29.1. The molecule has 3 aromatic heterocycles.